The van der Waals surface area contributed by atoms with E-state index in [4.69, 9.17) is 4.74 Å². The van der Waals surface area contributed by atoms with Crippen molar-refractivity contribution in [2.45, 2.75) is 45.3 Å². The van der Waals surface area contributed by atoms with Crippen molar-refractivity contribution in [3.63, 3.8) is 0 Å². The van der Waals surface area contributed by atoms with Gasteiger partial charge in [0.1, 0.15) is 29.1 Å². The molecule has 2 aromatic rings. The average molecular weight is 346 g/mol. The summed E-state index contributed by atoms with van der Waals surface area (Å²) >= 11 is 0. The van der Waals surface area contributed by atoms with E-state index in [1.807, 2.05) is 26.8 Å². The van der Waals surface area contributed by atoms with Gasteiger partial charge in [0.05, 0.1) is 0 Å². The Balaban J connectivity index is 1.65. The Morgan fingerprint density at radius 2 is 2.00 bits per heavy atom. The van der Waals surface area contributed by atoms with Crippen LogP contribution in [0.1, 0.15) is 33.6 Å². The zero-order valence-electron chi connectivity index (χ0n) is 14.8. The van der Waals surface area contributed by atoms with Crippen molar-refractivity contribution in [2.75, 3.05) is 18.0 Å². The molecule has 3 rings (SSSR count). The largest absolute Gasteiger partial charge is 0.444 e. The Hall–Kier alpha value is -2.44. The highest BCUT2D eigenvalue weighted by Crippen LogP contribution is 2.27. The summed E-state index contributed by atoms with van der Waals surface area (Å²) in [5.74, 6) is 0.392. The molecule has 25 heavy (non-hydrogen) atoms. The third-order valence-corrected chi connectivity index (χ3v) is 4.11. The van der Waals surface area contributed by atoms with E-state index < -0.39 is 5.60 Å². The van der Waals surface area contributed by atoms with Gasteiger partial charge in [0, 0.05) is 24.5 Å². The van der Waals surface area contributed by atoms with Crippen LogP contribution in [0.15, 0.2) is 24.5 Å². The minimum Gasteiger partial charge on any atom is -0.444 e. The second kappa shape index (κ2) is 6.82. The number of benzene rings is 1. The molecule has 1 N–H and O–H groups in total. The van der Waals surface area contributed by atoms with Gasteiger partial charge in [-0.2, -0.15) is 0 Å². The highest BCUT2D eigenvalue weighted by molar-refractivity contribution is 5.89. The fourth-order valence-electron chi connectivity index (χ4n) is 3.00. The van der Waals surface area contributed by atoms with E-state index >= 15 is 0 Å². The summed E-state index contributed by atoms with van der Waals surface area (Å²) < 4.78 is 19.2. The van der Waals surface area contributed by atoms with Crippen LogP contribution < -0.4 is 10.2 Å². The number of rotatable bonds is 2. The molecule has 0 aliphatic carbocycles. The molecule has 0 saturated carbocycles. The highest BCUT2D eigenvalue weighted by Gasteiger charge is 2.25. The third kappa shape index (κ3) is 4.15. The van der Waals surface area contributed by atoms with Crippen molar-refractivity contribution in [3.8, 4) is 0 Å². The van der Waals surface area contributed by atoms with E-state index in [1.54, 1.807) is 6.07 Å². The van der Waals surface area contributed by atoms with Gasteiger partial charge in [-0.3, -0.25) is 0 Å². The molecule has 1 aliphatic heterocycles. The van der Waals surface area contributed by atoms with Crippen LogP contribution in [0.2, 0.25) is 0 Å². The number of halogens is 1. The molecule has 1 aromatic carbocycles. The van der Waals surface area contributed by atoms with Crippen LogP contribution in [-0.4, -0.2) is 40.8 Å². The lowest BCUT2D eigenvalue weighted by molar-refractivity contribution is 0.0497. The monoisotopic (exact) mass is 346 g/mol. The van der Waals surface area contributed by atoms with Crippen molar-refractivity contribution >= 4 is 22.8 Å². The third-order valence-electron chi connectivity index (χ3n) is 4.11. The molecule has 1 fully saturated rings. The summed E-state index contributed by atoms with van der Waals surface area (Å²) in [6.07, 6.45) is 2.56. The van der Waals surface area contributed by atoms with E-state index in [0.717, 1.165) is 31.7 Å². The number of para-hydroxylation sites is 1. The fourth-order valence-corrected chi connectivity index (χ4v) is 3.00. The lowest BCUT2D eigenvalue weighted by atomic mass is 10.0. The molecular weight excluding hydrogens is 323 g/mol. The Morgan fingerprint density at radius 3 is 2.68 bits per heavy atom. The molecule has 0 spiro atoms. The van der Waals surface area contributed by atoms with Gasteiger partial charge in [-0.15, -0.1) is 0 Å². The van der Waals surface area contributed by atoms with Gasteiger partial charge in [-0.1, -0.05) is 6.07 Å². The Kier molecular flexibility index (Phi) is 4.74. The van der Waals surface area contributed by atoms with Gasteiger partial charge in [-0.25, -0.2) is 19.2 Å². The van der Waals surface area contributed by atoms with Crippen molar-refractivity contribution in [2.24, 2.45) is 0 Å². The van der Waals surface area contributed by atoms with Crippen LogP contribution in [0.5, 0.6) is 0 Å². The molecule has 1 aromatic heterocycles. The molecule has 134 valence electrons. The predicted octanol–water partition coefficient (Wildman–Crippen LogP) is 3.26. The van der Waals surface area contributed by atoms with Gasteiger partial charge in [0.2, 0.25) is 0 Å². The highest BCUT2D eigenvalue weighted by atomic mass is 19.1. The number of piperidine rings is 1. The number of fused-ring (bicyclic) bond motifs is 1. The maximum absolute atomic E-state index is 13.9. The number of alkyl carbamates (subject to hydrolysis) is 1. The van der Waals surface area contributed by atoms with Crippen LogP contribution in [0.25, 0.3) is 10.9 Å². The Bertz CT molecular complexity index is 767. The fraction of sp³-hybridized carbons (Fsp3) is 0.500. The minimum absolute atomic E-state index is 0.0657. The van der Waals surface area contributed by atoms with Gasteiger partial charge in [0.15, 0.2) is 0 Å². The van der Waals surface area contributed by atoms with Crippen LogP contribution >= 0.6 is 0 Å². The maximum Gasteiger partial charge on any atom is 0.407 e. The number of anilines is 1. The quantitative estimate of drug-likeness (QED) is 0.904. The van der Waals surface area contributed by atoms with Gasteiger partial charge < -0.3 is 15.0 Å². The second-order valence-electron chi connectivity index (χ2n) is 7.24. The Morgan fingerprint density at radius 1 is 1.28 bits per heavy atom. The smallest absolute Gasteiger partial charge is 0.407 e. The van der Waals surface area contributed by atoms with Crippen molar-refractivity contribution in [3.05, 3.63) is 30.3 Å². The van der Waals surface area contributed by atoms with Crippen LogP contribution in [0, 0.1) is 5.82 Å². The second-order valence-corrected chi connectivity index (χ2v) is 7.24. The molecule has 7 heteroatoms. The lowest BCUT2D eigenvalue weighted by Gasteiger charge is -2.34. The zero-order chi connectivity index (χ0) is 18.0. The summed E-state index contributed by atoms with van der Waals surface area (Å²) in [4.78, 5) is 22.4. The summed E-state index contributed by atoms with van der Waals surface area (Å²) in [5.41, 5.74) is -0.171. The number of carbonyl (C=O) groups excluding carboxylic acids is 1. The number of hydrogen-bond donors (Lipinski definition) is 1. The van der Waals surface area contributed by atoms with Crippen LogP contribution in [0.4, 0.5) is 15.0 Å². The summed E-state index contributed by atoms with van der Waals surface area (Å²) in [5, 5.41) is 3.62. The SMILES string of the molecule is CC(C)(C)OC(=O)NC1CCN(c2ncnc3c(F)cccc23)CC1. The van der Waals surface area contributed by atoms with E-state index in [9.17, 15) is 9.18 Å². The summed E-state index contributed by atoms with van der Waals surface area (Å²) in [6, 6.07) is 4.96. The number of nitrogens with one attached hydrogen (secondary N) is 1. The molecule has 1 amide bonds. The normalized spacial score (nSPS) is 16.1. The van der Waals surface area contributed by atoms with Gasteiger partial charge in [0.25, 0.3) is 0 Å². The first-order valence-electron chi connectivity index (χ1n) is 8.47. The van der Waals surface area contributed by atoms with Crippen molar-refractivity contribution in [1.82, 2.24) is 15.3 Å². The standard InChI is InChI=1S/C18H23FN4O2/c1-18(2,3)25-17(24)22-12-7-9-23(10-8-12)16-13-5-4-6-14(19)15(13)20-11-21-16/h4-6,11-12H,7-10H2,1-3H3,(H,22,24). The molecule has 2 heterocycles. The number of ether oxygens (including phenoxy) is 1. The number of carbonyl (C=O) groups is 1. The summed E-state index contributed by atoms with van der Waals surface area (Å²) in [6.45, 7) is 6.98. The minimum atomic E-state index is -0.505. The number of aromatic nitrogens is 2. The Labute approximate surface area is 146 Å². The van der Waals surface area contributed by atoms with Gasteiger partial charge >= 0.3 is 6.09 Å². The van der Waals surface area contributed by atoms with E-state index in [1.165, 1.54) is 12.4 Å². The number of nitrogens with zero attached hydrogens (tertiary/aromatic N) is 3. The molecular formula is C18H23FN4O2. The number of amides is 1. The maximum atomic E-state index is 13.9. The first kappa shape index (κ1) is 17.4. The zero-order valence-corrected chi connectivity index (χ0v) is 14.8. The van der Waals surface area contributed by atoms with E-state index in [-0.39, 0.29) is 18.0 Å². The molecule has 0 atom stereocenters. The average Bonchev–Trinajstić information content (AvgIpc) is 2.54. The van der Waals surface area contributed by atoms with E-state index in [0.29, 0.717) is 10.9 Å². The van der Waals surface area contributed by atoms with Crippen molar-refractivity contribution in [1.29, 1.82) is 0 Å². The molecule has 0 radical (unpaired) electrons. The molecule has 1 aliphatic rings. The molecule has 6 nitrogen and oxygen atoms in total. The first-order chi connectivity index (χ1) is 11.8. The van der Waals surface area contributed by atoms with Crippen LogP contribution in [-0.2, 0) is 4.74 Å². The summed E-state index contributed by atoms with van der Waals surface area (Å²) in [7, 11) is 0. The molecule has 1 saturated heterocycles. The predicted molar refractivity (Wildman–Crippen MR) is 94.1 cm³/mol. The number of hydrogen-bond acceptors (Lipinski definition) is 5. The van der Waals surface area contributed by atoms with Crippen molar-refractivity contribution < 1.29 is 13.9 Å². The topological polar surface area (TPSA) is 67.3 Å². The van der Waals surface area contributed by atoms with Crippen LogP contribution in [0.3, 0.4) is 0 Å². The molecule has 0 bridgehead atoms. The molecule has 0 unspecified atom stereocenters. The van der Waals surface area contributed by atoms with Gasteiger partial charge in [-0.05, 0) is 45.7 Å². The first-order valence-corrected chi connectivity index (χ1v) is 8.47. The lowest BCUT2D eigenvalue weighted by Crippen LogP contribution is -2.46. The van der Waals surface area contributed by atoms with E-state index in [2.05, 4.69) is 20.2 Å².